The fourth-order valence-electron chi connectivity index (χ4n) is 2.81. The SMILES string of the molecule is Cc1nnc(Cc2ccc(F)cc2)c(NC2CCN(C)CC2)n1. The molecule has 0 saturated carbocycles. The van der Waals surface area contributed by atoms with Crippen LogP contribution in [0.4, 0.5) is 10.2 Å². The number of nitrogens with zero attached hydrogens (tertiary/aromatic N) is 4. The lowest BCUT2D eigenvalue weighted by Crippen LogP contribution is -2.37. The summed E-state index contributed by atoms with van der Waals surface area (Å²) in [6.45, 7) is 4.01. The van der Waals surface area contributed by atoms with E-state index in [-0.39, 0.29) is 5.82 Å². The van der Waals surface area contributed by atoms with E-state index < -0.39 is 0 Å². The highest BCUT2D eigenvalue weighted by Crippen LogP contribution is 2.19. The quantitative estimate of drug-likeness (QED) is 0.939. The molecule has 0 amide bonds. The number of hydrogen-bond acceptors (Lipinski definition) is 5. The zero-order chi connectivity index (χ0) is 16.2. The molecule has 3 rings (SSSR count). The number of likely N-dealkylation sites (tertiary alicyclic amines) is 1. The van der Waals surface area contributed by atoms with Gasteiger partial charge in [-0.3, -0.25) is 0 Å². The summed E-state index contributed by atoms with van der Waals surface area (Å²) in [7, 11) is 2.15. The molecule has 1 fully saturated rings. The molecule has 0 unspecified atom stereocenters. The predicted molar refractivity (Wildman–Crippen MR) is 87.9 cm³/mol. The predicted octanol–water partition coefficient (Wildman–Crippen LogP) is 2.42. The van der Waals surface area contributed by atoms with E-state index in [1.807, 2.05) is 6.92 Å². The summed E-state index contributed by atoms with van der Waals surface area (Å²) in [6.07, 6.45) is 2.78. The molecule has 1 aromatic heterocycles. The Hall–Kier alpha value is -2.08. The van der Waals surface area contributed by atoms with Gasteiger partial charge in [0, 0.05) is 12.5 Å². The van der Waals surface area contributed by atoms with Crippen molar-refractivity contribution < 1.29 is 4.39 Å². The van der Waals surface area contributed by atoms with Gasteiger partial charge >= 0.3 is 0 Å². The maximum Gasteiger partial charge on any atom is 0.152 e. The first kappa shape index (κ1) is 15.8. The van der Waals surface area contributed by atoms with Gasteiger partial charge in [-0.2, -0.15) is 0 Å². The fourth-order valence-corrected chi connectivity index (χ4v) is 2.81. The Morgan fingerprint density at radius 1 is 1.17 bits per heavy atom. The monoisotopic (exact) mass is 315 g/mol. The van der Waals surface area contributed by atoms with Crippen LogP contribution in [-0.2, 0) is 6.42 Å². The molecular weight excluding hydrogens is 293 g/mol. The molecule has 1 N–H and O–H groups in total. The molecule has 0 radical (unpaired) electrons. The van der Waals surface area contributed by atoms with Crippen molar-refractivity contribution in [3.05, 3.63) is 47.2 Å². The molecule has 122 valence electrons. The first-order chi connectivity index (χ1) is 11.1. The molecule has 6 heteroatoms. The van der Waals surface area contributed by atoms with Gasteiger partial charge < -0.3 is 10.2 Å². The summed E-state index contributed by atoms with van der Waals surface area (Å²) in [5, 5.41) is 11.9. The highest BCUT2D eigenvalue weighted by molar-refractivity contribution is 5.43. The van der Waals surface area contributed by atoms with Crippen molar-refractivity contribution in [3.63, 3.8) is 0 Å². The second-order valence-corrected chi connectivity index (χ2v) is 6.18. The van der Waals surface area contributed by atoms with E-state index in [0.29, 0.717) is 18.3 Å². The standard InChI is InChI=1S/C17H22FN5/c1-12-19-17(20-15-7-9-23(2)10-8-15)16(22-21-12)11-13-3-5-14(18)6-4-13/h3-6,15H,7-11H2,1-2H3,(H,19,20,21). The Morgan fingerprint density at radius 2 is 1.87 bits per heavy atom. The summed E-state index contributed by atoms with van der Waals surface area (Å²) < 4.78 is 13.0. The van der Waals surface area contributed by atoms with Crippen LogP contribution in [0.25, 0.3) is 0 Å². The van der Waals surface area contributed by atoms with Gasteiger partial charge in [-0.15, -0.1) is 10.2 Å². The van der Waals surface area contributed by atoms with E-state index in [2.05, 4.69) is 32.4 Å². The fraction of sp³-hybridized carbons (Fsp3) is 0.471. The number of halogens is 1. The van der Waals surface area contributed by atoms with Gasteiger partial charge in [0.05, 0.1) is 0 Å². The van der Waals surface area contributed by atoms with E-state index >= 15 is 0 Å². The second kappa shape index (κ2) is 7.00. The van der Waals surface area contributed by atoms with Gasteiger partial charge in [0.1, 0.15) is 17.3 Å². The number of benzene rings is 1. The van der Waals surface area contributed by atoms with E-state index in [9.17, 15) is 4.39 Å². The zero-order valence-corrected chi connectivity index (χ0v) is 13.6. The number of piperidine rings is 1. The van der Waals surface area contributed by atoms with Crippen LogP contribution in [0, 0.1) is 12.7 Å². The molecule has 1 aliphatic heterocycles. The summed E-state index contributed by atoms with van der Waals surface area (Å²) in [5.41, 5.74) is 1.80. The van der Waals surface area contributed by atoms with E-state index in [0.717, 1.165) is 43.0 Å². The summed E-state index contributed by atoms with van der Waals surface area (Å²) in [4.78, 5) is 6.86. The smallest absolute Gasteiger partial charge is 0.152 e. The van der Waals surface area contributed by atoms with Crippen LogP contribution >= 0.6 is 0 Å². The number of aromatic nitrogens is 3. The number of hydrogen-bond donors (Lipinski definition) is 1. The Labute approximate surface area is 136 Å². The van der Waals surface area contributed by atoms with Crippen LogP contribution in [0.15, 0.2) is 24.3 Å². The average molecular weight is 315 g/mol. The van der Waals surface area contributed by atoms with Crippen LogP contribution in [-0.4, -0.2) is 46.3 Å². The molecule has 1 aromatic carbocycles. The molecule has 0 aliphatic carbocycles. The third-order valence-electron chi connectivity index (χ3n) is 4.21. The molecular formula is C17H22FN5. The third-order valence-corrected chi connectivity index (χ3v) is 4.21. The minimum absolute atomic E-state index is 0.230. The summed E-state index contributed by atoms with van der Waals surface area (Å²) in [6, 6.07) is 6.89. The van der Waals surface area contributed by atoms with Crippen molar-refractivity contribution in [2.75, 3.05) is 25.5 Å². The van der Waals surface area contributed by atoms with Gasteiger partial charge in [-0.1, -0.05) is 12.1 Å². The summed E-state index contributed by atoms with van der Waals surface area (Å²) >= 11 is 0. The largest absolute Gasteiger partial charge is 0.366 e. The number of nitrogens with one attached hydrogen (secondary N) is 1. The van der Waals surface area contributed by atoms with Crippen molar-refractivity contribution in [2.24, 2.45) is 0 Å². The Bertz CT molecular complexity index is 651. The minimum Gasteiger partial charge on any atom is -0.366 e. The van der Waals surface area contributed by atoms with Crippen LogP contribution < -0.4 is 5.32 Å². The first-order valence-electron chi connectivity index (χ1n) is 8.00. The molecule has 2 heterocycles. The Balaban J connectivity index is 1.76. The number of anilines is 1. The highest BCUT2D eigenvalue weighted by Gasteiger charge is 2.19. The normalized spacial score (nSPS) is 16.5. The molecule has 23 heavy (non-hydrogen) atoms. The first-order valence-corrected chi connectivity index (χ1v) is 8.00. The lowest BCUT2D eigenvalue weighted by Gasteiger charge is -2.30. The molecule has 5 nitrogen and oxygen atoms in total. The van der Waals surface area contributed by atoms with Crippen molar-refractivity contribution >= 4 is 5.82 Å². The van der Waals surface area contributed by atoms with Crippen molar-refractivity contribution in [1.82, 2.24) is 20.1 Å². The Kier molecular flexibility index (Phi) is 4.81. The van der Waals surface area contributed by atoms with Gasteiger partial charge in [0.2, 0.25) is 0 Å². The minimum atomic E-state index is -0.230. The third kappa shape index (κ3) is 4.22. The Morgan fingerprint density at radius 3 is 2.57 bits per heavy atom. The molecule has 1 saturated heterocycles. The van der Waals surface area contributed by atoms with Crippen molar-refractivity contribution in [3.8, 4) is 0 Å². The number of rotatable bonds is 4. The van der Waals surface area contributed by atoms with Crippen LogP contribution in [0.3, 0.4) is 0 Å². The van der Waals surface area contributed by atoms with Gasteiger partial charge in [0.25, 0.3) is 0 Å². The van der Waals surface area contributed by atoms with E-state index in [1.165, 1.54) is 12.1 Å². The summed E-state index contributed by atoms with van der Waals surface area (Å²) in [5.74, 6) is 1.23. The molecule has 2 aromatic rings. The molecule has 1 aliphatic rings. The van der Waals surface area contributed by atoms with Crippen LogP contribution in [0.1, 0.15) is 29.9 Å². The van der Waals surface area contributed by atoms with E-state index in [1.54, 1.807) is 12.1 Å². The topological polar surface area (TPSA) is 53.9 Å². The van der Waals surface area contributed by atoms with E-state index in [4.69, 9.17) is 0 Å². The average Bonchev–Trinajstić information content (AvgIpc) is 2.54. The molecule has 0 spiro atoms. The lowest BCUT2D eigenvalue weighted by atomic mass is 10.0. The number of aryl methyl sites for hydroxylation is 1. The maximum atomic E-state index is 13.0. The van der Waals surface area contributed by atoms with Gasteiger partial charge in [-0.25, -0.2) is 9.37 Å². The molecule has 0 bridgehead atoms. The second-order valence-electron chi connectivity index (χ2n) is 6.18. The van der Waals surface area contributed by atoms with Crippen molar-refractivity contribution in [2.45, 2.75) is 32.2 Å². The zero-order valence-electron chi connectivity index (χ0n) is 13.6. The maximum absolute atomic E-state index is 13.0. The molecule has 0 atom stereocenters. The van der Waals surface area contributed by atoms with Crippen LogP contribution in [0.5, 0.6) is 0 Å². The van der Waals surface area contributed by atoms with Gasteiger partial charge in [0.15, 0.2) is 5.82 Å². The van der Waals surface area contributed by atoms with Crippen LogP contribution in [0.2, 0.25) is 0 Å². The highest BCUT2D eigenvalue weighted by atomic mass is 19.1. The lowest BCUT2D eigenvalue weighted by molar-refractivity contribution is 0.263. The van der Waals surface area contributed by atoms with Crippen molar-refractivity contribution in [1.29, 1.82) is 0 Å². The van der Waals surface area contributed by atoms with Gasteiger partial charge in [-0.05, 0) is 57.6 Å².